The maximum absolute atomic E-state index is 13.6. The second-order valence-corrected chi connectivity index (χ2v) is 6.70. The first-order chi connectivity index (χ1) is 12.4. The van der Waals surface area contributed by atoms with Crippen molar-refractivity contribution in [3.05, 3.63) is 53.1 Å². The van der Waals surface area contributed by atoms with Crippen LogP contribution in [0.3, 0.4) is 0 Å². The van der Waals surface area contributed by atoms with Gasteiger partial charge in [-0.25, -0.2) is 9.87 Å². The topological polar surface area (TPSA) is 76.4 Å². The van der Waals surface area contributed by atoms with E-state index < -0.39 is 12.0 Å². The van der Waals surface area contributed by atoms with E-state index >= 15 is 0 Å². The molecule has 0 fully saturated rings. The Bertz CT molecular complexity index is 745. The summed E-state index contributed by atoms with van der Waals surface area (Å²) >= 11 is 0. The summed E-state index contributed by atoms with van der Waals surface area (Å²) < 4.78 is 21.1. The molecule has 0 radical (unpaired) electrons. The Morgan fingerprint density at radius 3 is 2.69 bits per heavy atom. The van der Waals surface area contributed by atoms with Crippen LogP contribution in [0.25, 0.3) is 0 Å². The normalized spacial score (nSPS) is 13.7. The highest BCUT2D eigenvalue weighted by Crippen LogP contribution is 2.30. The fourth-order valence-corrected chi connectivity index (χ4v) is 3.18. The van der Waals surface area contributed by atoms with Gasteiger partial charge in [0, 0.05) is 31.0 Å². The smallest absolute Gasteiger partial charge is 0.245 e. The van der Waals surface area contributed by atoms with E-state index in [9.17, 15) is 9.18 Å². The average Bonchev–Trinajstić information content (AvgIpc) is 3.10. The number of aryl methyl sites for hydroxylation is 1. The van der Waals surface area contributed by atoms with E-state index in [1.807, 2.05) is 24.6 Å². The molecule has 0 aliphatic carbocycles. The maximum atomic E-state index is 13.6. The fourth-order valence-electron chi connectivity index (χ4n) is 3.18. The zero-order chi connectivity index (χ0) is 19.3. The van der Waals surface area contributed by atoms with Gasteiger partial charge in [-0.15, -0.1) is 0 Å². The first-order valence-electron chi connectivity index (χ1n) is 8.61. The first-order valence-corrected chi connectivity index (χ1v) is 8.61. The Kier molecular flexibility index (Phi) is 6.88. The predicted octanol–water partition coefficient (Wildman–Crippen LogP) is 3.15. The highest BCUT2D eigenvalue weighted by atomic mass is 19.1. The van der Waals surface area contributed by atoms with Crippen LogP contribution in [0.1, 0.15) is 49.0 Å². The Morgan fingerprint density at radius 2 is 2.12 bits per heavy atom. The second-order valence-electron chi connectivity index (χ2n) is 6.70. The largest absolute Gasteiger partial charge is 0.380 e. The number of methoxy groups -OCH3 is 1. The zero-order valence-electron chi connectivity index (χ0n) is 15.6. The van der Waals surface area contributed by atoms with Crippen LogP contribution >= 0.6 is 0 Å². The molecule has 2 aromatic rings. The van der Waals surface area contributed by atoms with Crippen molar-refractivity contribution in [2.24, 2.45) is 0 Å². The van der Waals surface area contributed by atoms with Gasteiger partial charge < -0.3 is 4.74 Å². The minimum atomic E-state index is -0.521. The number of rotatable bonds is 8. The molecule has 7 heteroatoms. The molecule has 1 amide bonds. The lowest BCUT2D eigenvalue weighted by Gasteiger charge is -2.27. The van der Waals surface area contributed by atoms with Crippen molar-refractivity contribution in [1.82, 2.24) is 15.3 Å². The number of aromatic nitrogens is 2. The van der Waals surface area contributed by atoms with E-state index in [1.165, 1.54) is 13.2 Å². The van der Waals surface area contributed by atoms with Crippen LogP contribution in [0.4, 0.5) is 4.39 Å². The molecule has 6 nitrogen and oxygen atoms in total. The number of hydrogen-bond donors (Lipinski definition) is 2. The molecule has 0 aliphatic rings. The SMILES string of the molecule is COC(CC(=O)NO)C(Cc1ccc(F)c(C)c1)c1ccnn1C(C)C. The molecule has 142 valence electrons. The molecule has 0 saturated carbocycles. The van der Waals surface area contributed by atoms with Crippen LogP contribution in [0.5, 0.6) is 0 Å². The summed E-state index contributed by atoms with van der Waals surface area (Å²) in [5.74, 6) is -0.958. The van der Waals surface area contributed by atoms with Gasteiger partial charge in [-0.2, -0.15) is 5.10 Å². The number of benzene rings is 1. The van der Waals surface area contributed by atoms with Gasteiger partial charge in [0.15, 0.2) is 0 Å². The van der Waals surface area contributed by atoms with Crippen LogP contribution in [-0.4, -0.2) is 34.1 Å². The van der Waals surface area contributed by atoms with E-state index in [0.29, 0.717) is 12.0 Å². The van der Waals surface area contributed by atoms with Gasteiger partial charge in [0.1, 0.15) is 5.82 Å². The van der Waals surface area contributed by atoms with Crippen LogP contribution in [0, 0.1) is 12.7 Å². The highest BCUT2D eigenvalue weighted by molar-refractivity contribution is 5.75. The lowest BCUT2D eigenvalue weighted by atomic mass is 9.88. The van der Waals surface area contributed by atoms with Gasteiger partial charge in [0.05, 0.1) is 12.5 Å². The Balaban J connectivity index is 2.41. The number of amides is 1. The van der Waals surface area contributed by atoms with E-state index in [0.717, 1.165) is 11.3 Å². The summed E-state index contributed by atoms with van der Waals surface area (Å²) in [5.41, 5.74) is 4.10. The monoisotopic (exact) mass is 363 g/mol. The first kappa shape index (κ1) is 20.1. The van der Waals surface area contributed by atoms with Crippen molar-refractivity contribution in [1.29, 1.82) is 0 Å². The third kappa shape index (κ3) is 4.68. The third-order valence-corrected chi connectivity index (χ3v) is 4.51. The minimum absolute atomic E-state index is 0.00111. The van der Waals surface area contributed by atoms with Crippen molar-refractivity contribution >= 4 is 5.91 Å². The quantitative estimate of drug-likeness (QED) is 0.558. The Hall–Kier alpha value is -2.25. The number of nitrogens with zero attached hydrogens (tertiary/aromatic N) is 2. The predicted molar refractivity (Wildman–Crippen MR) is 95.5 cm³/mol. The molecule has 0 saturated heterocycles. The van der Waals surface area contributed by atoms with E-state index in [2.05, 4.69) is 5.10 Å². The summed E-state index contributed by atoms with van der Waals surface area (Å²) in [5, 5.41) is 13.3. The third-order valence-electron chi connectivity index (χ3n) is 4.51. The number of ether oxygens (including phenoxy) is 1. The lowest BCUT2D eigenvalue weighted by molar-refractivity contribution is -0.132. The molecule has 1 aromatic carbocycles. The number of hydrogen-bond acceptors (Lipinski definition) is 4. The summed E-state index contributed by atoms with van der Waals surface area (Å²) in [6, 6.07) is 7.04. The summed E-state index contributed by atoms with van der Waals surface area (Å²) in [6.45, 7) is 5.77. The summed E-state index contributed by atoms with van der Waals surface area (Å²) in [6.07, 6.45) is 1.80. The van der Waals surface area contributed by atoms with E-state index in [1.54, 1.807) is 30.7 Å². The van der Waals surface area contributed by atoms with Crippen molar-refractivity contribution in [3.8, 4) is 0 Å². The second kappa shape index (κ2) is 8.91. The molecule has 0 aliphatic heterocycles. The minimum Gasteiger partial charge on any atom is -0.380 e. The van der Waals surface area contributed by atoms with Crippen molar-refractivity contribution in [2.45, 2.75) is 51.7 Å². The maximum Gasteiger partial charge on any atom is 0.245 e. The Morgan fingerprint density at radius 1 is 1.38 bits per heavy atom. The number of carbonyl (C=O) groups excluding carboxylic acids is 1. The molecule has 1 aromatic heterocycles. The number of halogens is 1. The number of carbonyl (C=O) groups is 1. The van der Waals surface area contributed by atoms with Gasteiger partial charge >= 0.3 is 0 Å². The summed E-state index contributed by atoms with van der Waals surface area (Å²) in [4.78, 5) is 11.7. The van der Waals surface area contributed by atoms with E-state index in [-0.39, 0.29) is 24.2 Å². The molecule has 2 N–H and O–H groups in total. The van der Waals surface area contributed by atoms with Crippen molar-refractivity contribution in [3.63, 3.8) is 0 Å². The summed E-state index contributed by atoms with van der Waals surface area (Å²) in [7, 11) is 1.54. The van der Waals surface area contributed by atoms with Crippen LogP contribution in [0.2, 0.25) is 0 Å². The molecule has 0 spiro atoms. The van der Waals surface area contributed by atoms with Crippen LogP contribution in [-0.2, 0) is 16.0 Å². The average molecular weight is 363 g/mol. The lowest BCUT2D eigenvalue weighted by Crippen LogP contribution is -2.32. The van der Waals surface area contributed by atoms with E-state index in [4.69, 9.17) is 9.94 Å². The molecule has 26 heavy (non-hydrogen) atoms. The molecule has 0 bridgehead atoms. The number of hydroxylamine groups is 1. The molecular weight excluding hydrogens is 337 g/mol. The van der Waals surface area contributed by atoms with Gasteiger partial charge in [0.25, 0.3) is 0 Å². The molecule has 1 heterocycles. The fraction of sp³-hybridized carbons (Fsp3) is 0.474. The van der Waals surface area contributed by atoms with Crippen LogP contribution < -0.4 is 5.48 Å². The van der Waals surface area contributed by atoms with Gasteiger partial charge in [0.2, 0.25) is 5.91 Å². The number of nitrogens with one attached hydrogen (secondary N) is 1. The zero-order valence-corrected chi connectivity index (χ0v) is 15.6. The molecular formula is C19H26FN3O3. The van der Waals surface area contributed by atoms with Gasteiger partial charge in [-0.1, -0.05) is 12.1 Å². The van der Waals surface area contributed by atoms with Crippen molar-refractivity contribution < 1.29 is 19.1 Å². The van der Waals surface area contributed by atoms with Crippen LogP contribution in [0.15, 0.2) is 30.5 Å². The highest BCUT2D eigenvalue weighted by Gasteiger charge is 2.29. The molecule has 2 rings (SSSR count). The molecule has 2 atom stereocenters. The molecule has 2 unspecified atom stereocenters. The Labute approximate surface area is 152 Å². The van der Waals surface area contributed by atoms with Crippen molar-refractivity contribution in [2.75, 3.05) is 7.11 Å². The van der Waals surface area contributed by atoms with Gasteiger partial charge in [-0.3, -0.25) is 14.7 Å². The standard InChI is InChI=1S/C19H26FN3O3/c1-12(2)23-17(7-8-21-23)15(18(26-4)11-19(24)22-25)10-14-5-6-16(20)13(3)9-14/h5-9,12,15,18,25H,10-11H2,1-4H3,(H,22,24). The van der Waals surface area contributed by atoms with Gasteiger partial charge in [-0.05, 0) is 50.5 Å².